The van der Waals surface area contributed by atoms with Crippen LogP contribution in [0.2, 0.25) is 10.0 Å². The summed E-state index contributed by atoms with van der Waals surface area (Å²) >= 11 is 12.5. The monoisotopic (exact) mass is 699 g/mol. The summed E-state index contributed by atoms with van der Waals surface area (Å²) in [4.78, 5) is 37.3. The molecule has 256 valence electrons. The maximum absolute atomic E-state index is 13.3. The molecular weight excluding hydrogens is 660 g/mol. The SMILES string of the molecule is CCOc1cc(N2CCN(C(=NCCC(=O)N3CCN(c4ccc(F)cc4)CC3)NCCc3ccc(Cl)cc3Cl)CC2)ccc1[N+](=O)[O-]. The number of amides is 1. The number of nitrogens with one attached hydrogen (secondary N) is 1. The number of hydrogen-bond donors (Lipinski definition) is 1. The number of carbonyl (C=O) groups is 1. The van der Waals surface area contributed by atoms with Crippen molar-refractivity contribution in [3.05, 3.63) is 92.2 Å². The third-order valence-electron chi connectivity index (χ3n) is 8.49. The summed E-state index contributed by atoms with van der Waals surface area (Å²) in [5, 5.41) is 16.1. The van der Waals surface area contributed by atoms with Crippen LogP contribution < -0.4 is 19.9 Å². The van der Waals surface area contributed by atoms with Crippen LogP contribution in [-0.2, 0) is 11.2 Å². The van der Waals surface area contributed by atoms with Crippen LogP contribution in [0.4, 0.5) is 21.5 Å². The summed E-state index contributed by atoms with van der Waals surface area (Å²) in [6.45, 7) is 8.28. The third-order valence-corrected chi connectivity index (χ3v) is 9.08. The van der Waals surface area contributed by atoms with E-state index >= 15 is 0 Å². The van der Waals surface area contributed by atoms with Gasteiger partial charge >= 0.3 is 5.69 Å². The van der Waals surface area contributed by atoms with Crippen LogP contribution in [0, 0.1) is 15.9 Å². The number of carbonyl (C=O) groups excluding carboxylic acids is 1. The van der Waals surface area contributed by atoms with Crippen molar-refractivity contribution in [1.82, 2.24) is 15.1 Å². The molecule has 1 N–H and O–H groups in total. The molecule has 0 unspecified atom stereocenters. The highest BCUT2D eigenvalue weighted by atomic mass is 35.5. The molecule has 3 aromatic rings. The van der Waals surface area contributed by atoms with Gasteiger partial charge in [-0.15, -0.1) is 0 Å². The molecule has 0 bridgehead atoms. The minimum absolute atomic E-state index is 0.0528. The average Bonchev–Trinajstić information content (AvgIpc) is 3.09. The second-order valence-corrected chi connectivity index (χ2v) is 12.4. The van der Waals surface area contributed by atoms with Crippen LogP contribution in [0.3, 0.4) is 0 Å². The molecule has 0 radical (unpaired) electrons. The first-order valence-electron chi connectivity index (χ1n) is 16.1. The third kappa shape index (κ3) is 9.19. The molecule has 2 saturated heterocycles. The summed E-state index contributed by atoms with van der Waals surface area (Å²) in [6.07, 6.45) is 0.947. The number of rotatable bonds is 11. The van der Waals surface area contributed by atoms with Crippen molar-refractivity contribution < 1.29 is 18.8 Å². The molecule has 11 nitrogen and oxygen atoms in total. The molecule has 48 heavy (non-hydrogen) atoms. The highest BCUT2D eigenvalue weighted by Crippen LogP contribution is 2.32. The van der Waals surface area contributed by atoms with Crippen molar-refractivity contribution in [1.29, 1.82) is 0 Å². The highest BCUT2D eigenvalue weighted by Gasteiger charge is 2.24. The smallest absolute Gasteiger partial charge is 0.311 e. The van der Waals surface area contributed by atoms with Gasteiger partial charge < -0.3 is 29.7 Å². The van der Waals surface area contributed by atoms with Crippen LogP contribution in [-0.4, -0.2) is 98.6 Å². The van der Waals surface area contributed by atoms with E-state index in [2.05, 4.69) is 20.0 Å². The Morgan fingerprint density at radius 3 is 2.21 bits per heavy atom. The Hall–Kier alpha value is -4.29. The molecule has 2 aliphatic heterocycles. The van der Waals surface area contributed by atoms with E-state index in [-0.39, 0.29) is 29.6 Å². The fourth-order valence-electron chi connectivity index (χ4n) is 5.88. The standard InChI is InChI=1S/C34H40Cl2FN7O4/c1-2-48-32-24-29(9-10-31(32)44(46)47)41-17-21-43(22-18-41)34(38-13-11-25-3-4-26(35)23-30(25)36)39-14-12-33(45)42-19-15-40(16-20-42)28-7-5-27(37)6-8-28/h3-10,23-24H,2,11-22H2,1H3,(H,38,39). The normalized spacial score (nSPS) is 15.5. The van der Waals surface area contributed by atoms with Crippen LogP contribution in [0.1, 0.15) is 18.9 Å². The number of nitro groups is 1. The fourth-order valence-corrected chi connectivity index (χ4v) is 6.38. The molecule has 3 aromatic carbocycles. The van der Waals surface area contributed by atoms with Gasteiger partial charge in [0.25, 0.3) is 0 Å². The minimum atomic E-state index is -0.434. The van der Waals surface area contributed by atoms with Crippen molar-refractivity contribution in [2.24, 2.45) is 4.99 Å². The largest absolute Gasteiger partial charge is 0.487 e. The molecule has 2 heterocycles. The van der Waals surface area contributed by atoms with Gasteiger partial charge in [0.15, 0.2) is 11.7 Å². The van der Waals surface area contributed by atoms with Gasteiger partial charge in [0.05, 0.1) is 18.1 Å². The van der Waals surface area contributed by atoms with E-state index < -0.39 is 4.92 Å². The number of hydrogen-bond acceptors (Lipinski definition) is 7. The Balaban J connectivity index is 1.19. The molecule has 2 aliphatic rings. The molecule has 0 aliphatic carbocycles. The quantitative estimate of drug-likeness (QED) is 0.121. The van der Waals surface area contributed by atoms with Gasteiger partial charge in [-0.05, 0) is 61.4 Å². The zero-order valence-electron chi connectivity index (χ0n) is 26.9. The van der Waals surface area contributed by atoms with Crippen LogP contribution in [0.15, 0.2) is 65.7 Å². The van der Waals surface area contributed by atoms with E-state index in [1.807, 2.05) is 17.0 Å². The lowest BCUT2D eigenvalue weighted by Crippen LogP contribution is -2.53. The van der Waals surface area contributed by atoms with Crippen molar-refractivity contribution in [3.63, 3.8) is 0 Å². The molecule has 14 heteroatoms. The van der Waals surface area contributed by atoms with Crippen molar-refractivity contribution in [2.45, 2.75) is 19.8 Å². The number of piperazine rings is 2. The Morgan fingerprint density at radius 2 is 1.56 bits per heavy atom. The first-order chi connectivity index (χ1) is 23.2. The Kier molecular flexibility index (Phi) is 12.2. The van der Waals surface area contributed by atoms with Gasteiger partial charge in [-0.3, -0.25) is 19.9 Å². The highest BCUT2D eigenvalue weighted by molar-refractivity contribution is 6.35. The average molecular weight is 701 g/mol. The first-order valence-corrected chi connectivity index (χ1v) is 16.9. The molecule has 0 saturated carbocycles. The summed E-state index contributed by atoms with van der Waals surface area (Å²) in [5.41, 5.74) is 2.73. The first kappa shape index (κ1) is 35.0. The molecule has 2 fully saturated rings. The number of benzene rings is 3. The lowest BCUT2D eigenvalue weighted by Gasteiger charge is -2.38. The van der Waals surface area contributed by atoms with Crippen molar-refractivity contribution >= 4 is 52.1 Å². The molecular formula is C34H40Cl2FN7O4. The summed E-state index contributed by atoms with van der Waals surface area (Å²) < 4.78 is 18.9. The number of nitro benzene ring substituents is 1. The lowest BCUT2D eigenvalue weighted by atomic mass is 10.1. The van der Waals surface area contributed by atoms with E-state index in [1.165, 1.54) is 18.2 Å². The van der Waals surface area contributed by atoms with E-state index in [1.54, 1.807) is 37.3 Å². The van der Waals surface area contributed by atoms with Gasteiger partial charge in [0, 0.05) is 98.9 Å². The lowest BCUT2D eigenvalue weighted by molar-refractivity contribution is -0.385. The van der Waals surface area contributed by atoms with Gasteiger partial charge in [-0.25, -0.2) is 4.39 Å². The predicted octanol–water partition coefficient (Wildman–Crippen LogP) is 5.49. The fraction of sp³-hybridized carbons (Fsp3) is 0.412. The minimum Gasteiger partial charge on any atom is -0.487 e. The molecule has 0 aromatic heterocycles. The van der Waals surface area contributed by atoms with E-state index in [4.69, 9.17) is 32.9 Å². The number of guanidine groups is 1. The Bertz CT molecular complexity index is 1590. The number of aliphatic imine (C=N–C) groups is 1. The zero-order chi connectivity index (χ0) is 34.0. The summed E-state index contributed by atoms with van der Waals surface area (Å²) in [6, 6.07) is 16.9. The van der Waals surface area contributed by atoms with Crippen molar-refractivity contribution in [3.8, 4) is 5.75 Å². The zero-order valence-corrected chi connectivity index (χ0v) is 28.4. The summed E-state index contributed by atoms with van der Waals surface area (Å²) in [5.74, 6) is 0.761. The van der Waals surface area contributed by atoms with Crippen LogP contribution in [0.5, 0.6) is 5.75 Å². The molecule has 0 atom stereocenters. The Morgan fingerprint density at radius 1 is 0.917 bits per heavy atom. The van der Waals surface area contributed by atoms with Gasteiger partial charge in [0.1, 0.15) is 5.82 Å². The number of anilines is 2. The van der Waals surface area contributed by atoms with Gasteiger partial charge in [0.2, 0.25) is 5.91 Å². The number of ether oxygens (including phenoxy) is 1. The van der Waals surface area contributed by atoms with Gasteiger partial charge in [-0.2, -0.15) is 0 Å². The maximum Gasteiger partial charge on any atom is 0.311 e. The second-order valence-electron chi connectivity index (χ2n) is 11.5. The van der Waals surface area contributed by atoms with Crippen LogP contribution >= 0.6 is 23.2 Å². The second kappa shape index (κ2) is 16.7. The van der Waals surface area contributed by atoms with E-state index in [9.17, 15) is 19.3 Å². The van der Waals surface area contributed by atoms with E-state index in [0.717, 1.165) is 16.9 Å². The molecule has 5 rings (SSSR count). The summed E-state index contributed by atoms with van der Waals surface area (Å²) in [7, 11) is 0. The molecule has 1 amide bonds. The Labute approximate surface area is 290 Å². The van der Waals surface area contributed by atoms with E-state index in [0.29, 0.717) is 94.5 Å². The maximum atomic E-state index is 13.3. The number of nitrogens with zero attached hydrogens (tertiary/aromatic N) is 6. The van der Waals surface area contributed by atoms with Crippen molar-refractivity contribution in [2.75, 3.05) is 81.9 Å². The predicted molar refractivity (Wildman–Crippen MR) is 188 cm³/mol. The number of halogens is 3. The topological polar surface area (TPSA) is 107 Å². The van der Waals surface area contributed by atoms with Gasteiger partial charge in [-0.1, -0.05) is 29.3 Å². The van der Waals surface area contributed by atoms with Crippen LogP contribution in [0.25, 0.3) is 0 Å². The molecule has 0 spiro atoms.